The molecule has 32 heavy (non-hydrogen) atoms. The molecule has 1 aromatic carbocycles. The smallest absolute Gasteiger partial charge is 0.159 e. The number of imidazole rings is 1. The van der Waals surface area contributed by atoms with E-state index in [9.17, 15) is 0 Å². The number of aromatic amines is 1. The van der Waals surface area contributed by atoms with Gasteiger partial charge in [0.15, 0.2) is 5.65 Å². The van der Waals surface area contributed by atoms with E-state index in [1.54, 1.807) is 12.5 Å². The predicted octanol–water partition coefficient (Wildman–Crippen LogP) is 5.39. The van der Waals surface area contributed by atoms with E-state index in [0.717, 1.165) is 46.8 Å². The van der Waals surface area contributed by atoms with Gasteiger partial charge in [0.05, 0.1) is 18.1 Å². The lowest BCUT2D eigenvalue weighted by molar-refractivity contribution is 0.507. The van der Waals surface area contributed by atoms with Crippen LogP contribution < -0.4 is 5.32 Å². The molecule has 0 saturated carbocycles. The standard InChI is InChI=1S/C25H26N6O/c1-17(2)31-16-20(15-28-31)19-7-5-18(6-8-19)14-27-22-11-12-26-25-24(22)29-23(30-25)10-9-21-4-3-13-32-21/h3-8,11-13,15-17H,9-10,14H2,1-2H3,(H2,26,27,29,30). The lowest BCUT2D eigenvalue weighted by atomic mass is 10.1. The number of anilines is 1. The van der Waals surface area contributed by atoms with Crippen molar-refractivity contribution in [2.24, 2.45) is 0 Å². The molecule has 7 nitrogen and oxygen atoms in total. The molecular formula is C25H26N6O. The molecule has 0 unspecified atom stereocenters. The normalized spacial score (nSPS) is 11.5. The molecule has 0 atom stereocenters. The Morgan fingerprint density at radius 1 is 1.06 bits per heavy atom. The van der Waals surface area contributed by atoms with E-state index in [1.165, 1.54) is 11.1 Å². The summed E-state index contributed by atoms with van der Waals surface area (Å²) in [5.74, 6) is 1.86. The molecule has 0 fully saturated rings. The Kier molecular flexibility index (Phi) is 5.46. The summed E-state index contributed by atoms with van der Waals surface area (Å²) in [6.07, 6.45) is 9.09. The Morgan fingerprint density at radius 2 is 1.94 bits per heavy atom. The van der Waals surface area contributed by atoms with Crippen molar-refractivity contribution >= 4 is 16.9 Å². The van der Waals surface area contributed by atoms with Crippen molar-refractivity contribution in [2.75, 3.05) is 5.32 Å². The molecule has 0 aliphatic heterocycles. The Balaban J connectivity index is 1.26. The maximum absolute atomic E-state index is 5.41. The first-order valence-corrected chi connectivity index (χ1v) is 10.9. The van der Waals surface area contributed by atoms with Crippen molar-refractivity contribution in [1.29, 1.82) is 0 Å². The number of rotatable bonds is 8. The van der Waals surface area contributed by atoms with Crippen LogP contribution >= 0.6 is 0 Å². The summed E-state index contributed by atoms with van der Waals surface area (Å²) < 4.78 is 7.39. The zero-order chi connectivity index (χ0) is 21.9. The van der Waals surface area contributed by atoms with Gasteiger partial charge in [0.2, 0.25) is 0 Å². The first-order chi connectivity index (χ1) is 15.7. The number of pyridine rings is 1. The minimum absolute atomic E-state index is 0.358. The second kappa shape index (κ2) is 8.70. The first-order valence-electron chi connectivity index (χ1n) is 10.9. The van der Waals surface area contributed by atoms with E-state index in [2.05, 4.69) is 64.7 Å². The predicted molar refractivity (Wildman–Crippen MR) is 125 cm³/mol. The number of fused-ring (bicyclic) bond motifs is 1. The molecule has 5 rings (SSSR count). The summed E-state index contributed by atoms with van der Waals surface area (Å²) in [5, 5.41) is 7.94. The summed E-state index contributed by atoms with van der Waals surface area (Å²) in [6.45, 7) is 4.96. The average Bonchev–Trinajstić information content (AvgIpc) is 3.57. The number of aromatic nitrogens is 5. The largest absolute Gasteiger partial charge is 0.469 e. The SMILES string of the molecule is CC(C)n1cc(-c2ccc(CNc3ccnc4[nH]c(CCc5ccco5)nc34)cc2)cn1. The molecule has 162 valence electrons. The maximum atomic E-state index is 5.41. The van der Waals surface area contributed by atoms with E-state index in [-0.39, 0.29) is 0 Å². The fourth-order valence-electron chi connectivity index (χ4n) is 3.70. The van der Waals surface area contributed by atoms with Gasteiger partial charge < -0.3 is 14.7 Å². The van der Waals surface area contributed by atoms with E-state index in [1.807, 2.05) is 29.1 Å². The number of hydrogen-bond acceptors (Lipinski definition) is 5. The van der Waals surface area contributed by atoms with Gasteiger partial charge in [-0.25, -0.2) is 9.97 Å². The molecule has 2 N–H and O–H groups in total. The van der Waals surface area contributed by atoms with Crippen LogP contribution in [-0.2, 0) is 19.4 Å². The molecule has 0 spiro atoms. The van der Waals surface area contributed by atoms with E-state index in [0.29, 0.717) is 12.6 Å². The number of hydrogen-bond donors (Lipinski definition) is 2. The molecular weight excluding hydrogens is 400 g/mol. The third-order valence-electron chi connectivity index (χ3n) is 5.52. The summed E-state index contributed by atoms with van der Waals surface area (Å²) in [4.78, 5) is 12.5. The number of nitrogens with one attached hydrogen (secondary N) is 2. The molecule has 0 aliphatic carbocycles. The van der Waals surface area contributed by atoms with Gasteiger partial charge >= 0.3 is 0 Å². The average molecular weight is 427 g/mol. The van der Waals surface area contributed by atoms with Crippen LogP contribution in [-0.4, -0.2) is 24.7 Å². The van der Waals surface area contributed by atoms with Crippen LogP contribution in [0.3, 0.4) is 0 Å². The van der Waals surface area contributed by atoms with Crippen molar-refractivity contribution < 1.29 is 4.42 Å². The van der Waals surface area contributed by atoms with Gasteiger partial charge in [0, 0.05) is 43.4 Å². The Bertz CT molecular complexity index is 1300. The molecule has 0 amide bonds. The minimum atomic E-state index is 0.358. The van der Waals surface area contributed by atoms with Gasteiger partial charge in [-0.3, -0.25) is 4.68 Å². The fourth-order valence-corrected chi connectivity index (χ4v) is 3.70. The van der Waals surface area contributed by atoms with Crippen LogP contribution in [0.2, 0.25) is 0 Å². The third-order valence-corrected chi connectivity index (χ3v) is 5.52. The number of furan rings is 1. The van der Waals surface area contributed by atoms with Crippen molar-refractivity contribution in [1.82, 2.24) is 24.7 Å². The van der Waals surface area contributed by atoms with Gasteiger partial charge in [-0.1, -0.05) is 24.3 Å². The first kappa shape index (κ1) is 20.1. The second-order valence-electron chi connectivity index (χ2n) is 8.17. The molecule has 4 heterocycles. The Hall–Kier alpha value is -3.87. The van der Waals surface area contributed by atoms with Crippen LogP contribution in [0, 0.1) is 0 Å². The van der Waals surface area contributed by atoms with Crippen LogP contribution in [0.1, 0.15) is 37.0 Å². The minimum Gasteiger partial charge on any atom is -0.469 e. The molecule has 0 bridgehead atoms. The number of nitrogens with zero attached hydrogens (tertiary/aromatic N) is 4. The maximum Gasteiger partial charge on any atom is 0.159 e. The Labute approximate surface area is 186 Å². The summed E-state index contributed by atoms with van der Waals surface area (Å²) in [6, 6.07) is 14.8. The highest BCUT2D eigenvalue weighted by Crippen LogP contribution is 2.23. The molecule has 0 saturated heterocycles. The summed E-state index contributed by atoms with van der Waals surface area (Å²) >= 11 is 0. The van der Waals surface area contributed by atoms with Gasteiger partial charge in [-0.2, -0.15) is 5.10 Å². The molecule has 0 radical (unpaired) electrons. The molecule has 7 heteroatoms. The topological polar surface area (TPSA) is 84.6 Å². The van der Waals surface area contributed by atoms with E-state index < -0.39 is 0 Å². The van der Waals surface area contributed by atoms with Crippen LogP contribution in [0.15, 0.2) is 71.7 Å². The molecule has 0 aliphatic rings. The highest BCUT2D eigenvalue weighted by molar-refractivity contribution is 5.85. The molecule has 5 aromatic rings. The summed E-state index contributed by atoms with van der Waals surface area (Å²) in [7, 11) is 0. The van der Waals surface area contributed by atoms with Crippen molar-refractivity contribution in [3.63, 3.8) is 0 Å². The lowest BCUT2D eigenvalue weighted by Gasteiger charge is -2.08. The third kappa shape index (κ3) is 4.27. The van der Waals surface area contributed by atoms with E-state index in [4.69, 9.17) is 9.40 Å². The summed E-state index contributed by atoms with van der Waals surface area (Å²) in [5.41, 5.74) is 6.12. The van der Waals surface area contributed by atoms with Crippen LogP contribution in [0.4, 0.5) is 5.69 Å². The quantitative estimate of drug-likeness (QED) is 0.347. The van der Waals surface area contributed by atoms with Crippen LogP contribution in [0.5, 0.6) is 0 Å². The van der Waals surface area contributed by atoms with Gasteiger partial charge in [0.25, 0.3) is 0 Å². The van der Waals surface area contributed by atoms with Crippen molar-refractivity contribution in [2.45, 2.75) is 39.3 Å². The lowest BCUT2D eigenvalue weighted by Crippen LogP contribution is -2.00. The number of aryl methyl sites for hydroxylation is 2. The monoisotopic (exact) mass is 426 g/mol. The van der Waals surface area contributed by atoms with Gasteiger partial charge in [0.1, 0.15) is 17.1 Å². The van der Waals surface area contributed by atoms with Gasteiger partial charge in [-0.15, -0.1) is 0 Å². The highest BCUT2D eigenvalue weighted by Gasteiger charge is 2.10. The highest BCUT2D eigenvalue weighted by atomic mass is 16.3. The van der Waals surface area contributed by atoms with Crippen molar-refractivity contribution in [3.05, 3.63) is 84.5 Å². The fraction of sp³-hybridized carbons (Fsp3) is 0.240. The second-order valence-corrected chi connectivity index (χ2v) is 8.17. The number of benzene rings is 1. The number of H-pyrrole nitrogens is 1. The van der Waals surface area contributed by atoms with Gasteiger partial charge in [-0.05, 0) is 43.2 Å². The Morgan fingerprint density at radius 3 is 2.69 bits per heavy atom. The zero-order valence-corrected chi connectivity index (χ0v) is 18.2. The van der Waals surface area contributed by atoms with Crippen molar-refractivity contribution in [3.8, 4) is 11.1 Å². The zero-order valence-electron chi connectivity index (χ0n) is 18.2. The molecule has 4 aromatic heterocycles. The van der Waals surface area contributed by atoms with E-state index >= 15 is 0 Å². The van der Waals surface area contributed by atoms with Crippen LogP contribution in [0.25, 0.3) is 22.3 Å².